The van der Waals surface area contributed by atoms with Crippen molar-refractivity contribution in [3.63, 3.8) is 0 Å². The standard InChI is InChI=1S/C25H24N2O2/c1-17-7-6-8-19(13-17)15-24(29)27-16-23(28)26-22-12-11-18(2)14-21(22)25(27)20-9-4-3-5-10-20/h3-14,25H,15-16H2,1-2H3,(H,26,28)/t25-/m0/s1. The summed E-state index contributed by atoms with van der Waals surface area (Å²) in [6.45, 7) is 4.06. The van der Waals surface area contributed by atoms with Gasteiger partial charge in [0.2, 0.25) is 11.8 Å². The molecule has 0 unspecified atom stereocenters. The van der Waals surface area contributed by atoms with Gasteiger partial charge in [-0.05, 0) is 31.0 Å². The summed E-state index contributed by atoms with van der Waals surface area (Å²) in [5.74, 6) is -0.236. The van der Waals surface area contributed by atoms with Crippen molar-refractivity contribution in [1.29, 1.82) is 0 Å². The molecule has 0 bridgehead atoms. The van der Waals surface area contributed by atoms with Crippen molar-refractivity contribution in [2.45, 2.75) is 26.3 Å². The van der Waals surface area contributed by atoms with Gasteiger partial charge < -0.3 is 10.2 Å². The Balaban J connectivity index is 1.79. The lowest BCUT2D eigenvalue weighted by atomic mass is 9.94. The van der Waals surface area contributed by atoms with Gasteiger partial charge in [-0.2, -0.15) is 0 Å². The summed E-state index contributed by atoms with van der Waals surface area (Å²) in [6.07, 6.45) is 0.263. The average molecular weight is 384 g/mol. The predicted molar refractivity (Wildman–Crippen MR) is 115 cm³/mol. The fourth-order valence-corrected chi connectivity index (χ4v) is 3.95. The molecule has 0 aromatic heterocycles. The molecule has 29 heavy (non-hydrogen) atoms. The molecule has 4 rings (SSSR count). The first-order valence-electron chi connectivity index (χ1n) is 9.81. The number of carbonyl (C=O) groups is 2. The summed E-state index contributed by atoms with van der Waals surface area (Å²) in [5.41, 5.74) is 5.86. The molecule has 3 aromatic rings. The number of rotatable bonds is 3. The van der Waals surface area contributed by atoms with E-state index >= 15 is 0 Å². The van der Waals surface area contributed by atoms with E-state index in [9.17, 15) is 9.59 Å². The summed E-state index contributed by atoms with van der Waals surface area (Å²) < 4.78 is 0. The third-order valence-corrected chi connectivity index (χ3v) is 5.27. The van der Waals surface area contributed by atoms with Crippen molar-refractivity contribution in [3.8, 4) is 0 Å². The predicted octanol–water partition coefficient (Wildman–Crippen LogP) is 4.42. The number of hydrogen-bond acceptors (Lipinski definition) is 2. The highest BCUT2D eigenvalue weighted by Gasteiger charge is 2.33. The van der Waals surface area contributed by atoms with Gasteiger partial charge in [0, 0.05) is 11.3 Å². The van der Waals surface area contributed by atoms with E-state index in [0.717, 1.165) is 33.5 Å². The largest absolute Gasteiger partial charge is 0.324 e. The van der Waals surface area contributed by atoms with Crippen LogP contribution in [-0.4, -0.2) is 23.3 Å². The summed E-state index contributed by atoms with van der Waals surface area (Å²) in [7, 11) is 0. The zero-order valence-corrected chi connectivity index (χ0v) is 16.7. The Morgan fingerprint density at radius 2 is 1.72 bits per heavy atom. The minimum Gasteiger partial charge on any atom is -0.324 e. The van der Waals surface area contributed by atoms with E-state index in [1.807, 2.05) is 80.6 Å². The average Bonchev–Trinajstić information content (AvgIpc) is 2.84. The first kappa shape index (κ1) is 18.9. The van der Waals surface area contributed by atoms with E-state index < -0.39 is 0 Å². The minimum atomic E-state index is -0.317. The topological polar surface area (TPSA) is 49.4 Å². The Labute approximate surface area is 171 Å². The molecule has 1 heterocycles. The van der Waals surface area contributed by atoms with E-state index in [4.69, 9.17) is 0 Å². The van der Waals surface area contributed by atoms with Crippen LogP contribution in [0.1, 0.15) is 33.9 Å². The third-order valence-electron chi connectivity index (χ3n) is 5.27. The minimum absolute atomic E-state index is 0.0257. The van der Waals surface area contributed by atoms with E-state index in [1.165, 1.54) is 0 Å². The summed E-state index contributed by atoms with van der Waals surface area (Å²) in [6, 6.07) is 23.5. The molecule has 1 N–H and O–H groups in total. The molecule has 1 atom stereocenters. The number of benzene rings is 3. The third kappa shape index (κ3) is 4.06. The van der Waals surface area contributed by atoms with Crippen LogP contribution in [0.5, 0.6) is 0 Å². The molecule has 1 aliphatic rings. The molecule has 0 radical (unpaired) electrons. The van der Waals surface area contributed by atoms with Crippen molar-refractivity contribution in [2.24, 2.45) is 0 Å². The number of amides is 2. The summed E-state index contributed by atoms with van der Waals surface area (Å²) in [4.78, 5) is 27.7. The molecule has 3 aromatic carbocycles. The molecule has 2 amide bonds. The number of carbonyl (C=O) groups excluding carboxylic acids is 2. The van der Waals surface area contributed by atoms with Gasteiger partial charge in [-0.15, -0.1) is 0 Å². The van der Waals surface area contributed by atoms with E-state index in [-0.39, 0.29) is 30.8 Å². The molecule has 4 nitrogen and oxygen atoms in total. The molecule has 146 valence electrons. The molecule has 1 aliphatic heterocycles. The first-order valence-corrected chi connectivity index (χ1v) is 9.81. The second-order valence-corrected chi connectivity index (χ2v) is 7.64. The van der Waals surface area contributed by atoms with Crippen molar-refractivity contribution >= 4 is 17.5 Å². The first-order chi connectivity index (χ1) is 14.0. The maximum Gasteiger partial charge on any atom is 0.244 e. The second-order valence-electron chi connectivity index (χ2n) is 7.64. The fraction of sp³-hybridized carbons (Fsp3) is 0.200. The number of nitrogens with zero attached hydrogens (tertiary/aromatic N) is 1. The van der Waals surface area contributed by atoms with Crippen LogP contribution in [-0.2, 0) is 16.0 Å². The van der Waals surface area contributed by atoms with Gasteiger partial charge in [0.15, 0.2) is 0 Å². The van der Waals surface area contributed by atoms with Crippen LogP contribution in [0, 0.1) is 13.8 Å². The fourth-order valence-electron chi connectivity index (χ4n) is 3.95. The number of aryl methyl sites for hydroxylation is 2. The quantitative estimate of drug-likeness (QED) is 0.727. The highest BCUT2D eigenvalue weighted by molar-refractivity contribution is 5.97. The Morgan fingerprint density at radius 3 is 2.48 bits per heavy atom. The Kier molecular flexibility index (Phi) is 5.17. The van der Waals surface area contributed by atoms with Gasteiger partial charge >= 0.3 is 0 Å². The zero-order chi connectivity index (χ0) is 20.4. The lowest BCUT2D eigenvalue weighted by molar-refractivity contribution is -0.135. The number of fused-ring (bicyclic) bond motifs is 1. The second kappa shape index (κ2) is 7.92. The maximum absolute atomic E-state index is 13.4. The van der Waals surface area contributed by atoms with Crippen molar-refractivity contribution in [3.05, 3.63) is 101 Å². The van der Waals surface area contributed by atoms with Gasteiger partial charge in [-0.1, -0.05) is 77.9 Å². The van der Waals surface area contributed by atoms with Crippen LogP contribution in [0.4, 0.5) is 5.69 Å². The van der Waals surface area contributed by atoms with E-state index in [1.54, 1.807) is 4.90 Å². The monoisotopic (exact) mass is 384 g/mol. The van der Waals surface area contributed by atoms with Crippen LogP contribution in [0.2, 0.25) is 0 Å². The lowest BCUT2D eigenvalue weighted by Crippen LogP contribution is -2.39. The van der Waals surface area contributed by atoms with Gasteiger partial charge in [-0.25, -0.2) is 0 Å². The Morgan fingerprint density at radius 1 is 0.966 bits per heavy atom. The molecular formula is C25H24N2O2. The van der Waals surface area contributed by atoms with Crippen LogP contribution in [0.25, 0.3) is 0 Å². The van der Waals surface area contributed by atoms with Crippen molar-refractivity contribution < 1.29 is 9.59 Å². The molecule has 0 saturated heterocycles. The number of hydrogen-bond donors (Lipinski definition) is 1. The Bertz CT molecular complexity index is 1060. The van der Waals surface area contributed by atoms with Gasteiger partial charge in [0.25, 0.3) is 0 Å². The van der Waals surface area contributed by atoms with Crippen LogP contribution in [0.3, 0.4) is 0 Å². The van der Waals surface area contributed by atoms with Crippen LogP contribution >= 0.6 is 0 Å². The molecular weight excluding hydrogens is 360 g/mol. The maximum atomic E-state index is 13.4. The van der Waals surface area contributed by atoms with Crippen LogP contribution < -0.4 is 5.32 Å². The summed E-state index contributed by atoms with van der Waals surface area (Å²) in [5, 5.41) is 2.97. The van der Waals surface area contributed by atoms with E-state index in [2.05, 4.69) is 11.4 Å². The van der Waals surface area contributed by atoms with Crippen LogP contribution in [0.15, 0.2) is 72.8 Å². The smallest absolute Gasteiger partial charge is 0.244 e. The van der Waals surface area contributed by atoms with Gasteiger partial charge in [0.05, 0.1) is 12.5 Å². The number of anilines is 1. The zero-order valence-electron chi connectivity index (χ0n) is 16.7. The molecule has 0 fully saturated rings. The highest BCUT2D eigenvalue weighted by Crippen LogP contribution is 2.36. The van der Waals surface area contributed by atoms with Crippen molar-refractivity contribution in [2.75, 3.05) is 11.9 Å². The molecule has 0 aliphatic carbocycles. The molecule has 0 saturated carbocycles. The molecule has 0 spiro atoms. The number of nitrogens with one attached hydrogen (secondary N) is 1. The SMILES string of the molecule is Cc1cccc(CC(=O)N2CC(=O)Nc3ccc(C)cc3[C@@H]2c2ccccc2)c1. The lowest BCUT2D eigenvalue weighted by Gasteiger charge is -2.31. The normalized spacial score (nSPS) is 16.0. The summed E-state index contributed by atoms with van der Waals surface area (Å²) >= 11 is 0. The molecule has 4 heteroatoms. The van der Waals surface area contributed by atoms with Gasteiger partial charge in [-0.3, -0.25) is 9.59 Å². The Hall–Kier alpha value is -3.40. The van der Waals surface area contributed by atoms with Gasteiger partial charge in [0.1, 0.15) is 6.54 Å². The highest BCUT2D eigenvalue weighted by atomic mass is 16.2. The van der Waals surface area contributed by atoms with Crippen molar-refractivity contribution in [1.82, 2.24) is 4.90 Å². The van der Waals surface area contributed by atoms with E-state index in [0.29, 0.717) is 0 Å².